The zero-order valence-corrected chi connectivity index (χ0v) is 9.19. The Morgan fingerprint density at radius 3 is 2.80 bits per heavy atom. The largest absolute Gasteiger partial charge is 0.255 e. The van der Waals surface area contributed by atoms with Crippen LogP contribution in [0.5, 0.6) is 0 Å². The first kappa shape index (κ1) is 10.4. The first-order valence-corrected chi connectivity index (χ1v) is 5.52. The van der Waals surface area contributed by atoms with Gasteiger partial charge in [0, 0.05) is 20.1 Å². The van der Waals surface area contributed by atoms with Crippen LogP contribution in [0.15, 0.2) is 36.4 Å². The molecule has 1 aliphatic rings. The van der Waals surface area contributed by atoms with E-state index in [9.17, 15) is 0 Å². The maximum atomic E-state index is 3.35. The number of hydrogen-bond donors (Lipinski definition) is 1. The molecule has 1 aromatic rings. The number of nitrogens with zero attached hydrogens (tertiary/aromatic N) is 1. The third-order valence-corrected chi connectivity index (χ3v) is 2.82. The molecular weight excluding hydrogens is 184 g/mol. The number of hydrogen-bond acceptors (Lipinski definition) is 2. The standard InChI is InChI=1S/C13H18N2/c1-15-10-9-13(11-14-15)8-7-12-5-3-2-4-6-12/h2-8,13-14H,9-11H2,1H3/b8-7+. The van der Waals surface area contributed by atoms with Gasteiger partial charge in [0.1, 0.15) is 0 Å². The molecule has 0 radical (unpaired) electrons. The minimum Gasteiger partial charge on any atom is -0.255 e. The minimum atomic E-state index is 0.668. The molecule has 1 fully saturated rings. The summed E-state index contributed by atoms with van der Waals surface area (Å²) in [7, 11) is 2.09. The first-order chi connectivity index (χ1) is 7.34. The molecule has 0 saturated carbocycles. The second-order valence-corrected chi connectivity index (χ2v) is 4.10. The van der Waals surface area contributed by atoms with E-state index in [1.165, 1.54) is 12.0 Å². The summed E-state index contributed by atoms with van der Waals surface area (Å²) in [6, 6.07) is 10.5. The van der Waals surface area contributed by atoms with Crippen LogP contribution in [0, 0.1) is 5.92 Å². The molecule has 1 aliphatic heterocycles. The molecule has 1 heterocycles. The molecular formula is C13H18N2. The summed E-state index contributed by atoms with van der Waals surface area (Å²) in [5, 5.41) is 2.16. The van der Waals surface area contributed by atoms with Crippen LogP contribution in [0.4, 0.5) is 0 Å². The van der Waals surface area contributed by atoms with E-state index < -0.39 is 0 Å². The Labute approximate surface area is 91.6 Å². The fourth-order valence-electron chi connectivity index (χ4n) is 1.79. The van der Waals surface area contributed by atoms with Crippen molar-refractivity contribution in [1.29, 1.82) is 0 Å². The van der Waals surface area contributed by atoms with E-state index in [1.807, 2.05) is 0 Å². The van der Waals surface area contributed by atoms with Crippen LogP contribution in [0.3, 0.4) is 0 Å². The van der Waals surface area contributed by atoms with Crippen LogP contribution in [0.25, 0.3) is 6.08 Å². The van der Waals surface area contributed by atoms with Crippen molar-refractivity contribution in [2.75, 3.05) is 20.1 Å². The SMILES string of the molecule is CN1CCC(/C=C/c2ccccc2)CN1. The Morgan fingerprint density at radius 2 is 2.13 bits per heavy atom. The molecule has 2 nitrogen and oxygen atoms in total. The van der Waals surface area contributed by atoms with Crippen molar-refractivity contribution in [3.63, 3.8) is 0 Å². The summed E-state index contributed by atoms with van der Waals surface area (Å²) in [6.45, 7) is 2.18. The predicted molar refractivity (Wildman–Crippen MR) is 64.2 cm³/mol. The topological polar surface area (TPSA) is 15.3 Å². The van der Waals surface area contributed by atoms with Crippen molar-refractivity contribution >= 4 is 6.08 Å². The number of nitrogens with one attached hydrogen (secondary N) is 1. The van der Waals surface area contributed by atoms with E-state index in [2.05, 4.69) is 60.0 Å². The van der Waals surface area contributed by atoms with Crippen molar-refractivity contribution in [1.82, 2.24) is 10.4 Å². The lowest BCUT2D eigenvalue weighted by molar-refractivity contribution is 0.170. The van der Waals surface area contributed by atoms with Crippen molar-refractivity contribution < 1.29 is 0 Å². The highest BCUT2D eigenvalue weighted by Gasteiger charge is 2.12. The molecule has 1 saturated heterocycles. The van der Waals surface area contributed by atoms with E-state index in [0.29, 0.717) is 5.92 Å². The highest BCUT2D eigenvalue weighted by molar-refractivity contribution is 5.49. The van der Waals surface area contributed by atoms with Gasteiger partial charge in [0.25, 0.3) is 0 Å². The summed E-state index contributed by atoms with van der Waals surface area (Å²) >= 11 is 0. The Kier molecular flexibility index (Phi) is 3.54. The lowest BCUT2D eigenvalue weighted by Gasteiger charge is -2.28. The third-order valence-electron chi connectivity index (χ3n) is 2.82. The molecule has 2 rings (SSSR count). The molecule has 0 aliphatic carbocycles. The van der Waals surface area contributed by atoms with Gasteiger partial charge in [-0.3, -0.25) is 5.43 Å². The van der Waals surface area contributed by atoms with Gasteiger partial charge in [-0.25, -0.2) is 5.01 Å². The van der Waals surface area contributed by atoms with Gasteiger partial charge >= 0.3 is 0 Å². The third kappa shape index (κ3) is 3.18. The van der Waals surface area contributed by atoms with Crippen molar-refractivity contribution in [2.45, 2.75) is 6.42 Å². The highest BCUT2D eigenvalue weighted by Crippen LogP contribution is 2.11. The molecule has 1 aromatic carbocycles. The van der Waals surface area contributed by atoms with Crippen LogP contribution < -0.4 is 5.43 Å². The highest BCUT2D eigenvalue weighted by atomic mass is 15.5. The second kappa shape index (κ2) is 5.10. The van der Waals surface area contributed by atoms with Crippen molar-refractivity contribution in [2.24, 2.45) is 5.92 Å². The van der Waals surface area contributed by atoms with Gasteiger partial charge in [-0.15, -0.1) is 0 Å². The molecule has 15 heavy (non-hydrogen) atoms. The van der Waals surface area contributed by atoms with E-state index in [-0.39, 0.29) is 0 Å². The smallest absolute Gasteiger partial charge is 0.0166 e. The average Bonchev–Trinajstić information content (AvgIpc) is 2.30. The van der Waals surface area contributed by atoms with Gasteiger partial charge in [-0.1, -0.05) is 42.5 Å². The lowest BCUT2D eigenvalue weighted by Crippen LogP contribution is -2.43. The fourth-order valence-corrected chi connectivity index (χ4v) is 1.79. The maximum Gasteiger partial charge on any atom is 0.0166 e. The Morgan fingerprint density at radius 1 is 1.33 bits per heavy atom. The maximum absolute atomic E-state index is 3.35. The Hall–Kier alpha value is -1.12. The molecule has 0 amide bonds. The molecule has 0 aromatic heterocycles. The number of hydrazine groups is 1. The van der Waals surface area contributed by atoms with E-state index in [4.69, 9.17) is 0 Å². The average molecular weight is 202 g/mol. The first-order valence-electron chi connectivity index (χ1n) is 5.52. The molecule has 2 heteroatoms. The minimum absolute atomic E-state index is 0.668. The summed E-state index contributed by atoms with van der Waals surface area (Å²) in [5.74, 6) is 0.668. The predicted octanol–water partition coefficient (Wildman–Crippen LogP) is 2.16. The fraction of sp³-hybridized carbons (Fsp3) is 0.385. The summed E-state index contributed by atoms with van der Waals surface area (Å²) in [5.41, 5.74) is 4.64. The van der Waals surface area contributed by atoms with Crippen molar-refractivity contribution in [3.8, 4) is 0 Å². The van der Waals surface area contributed by atoms with Crippen LogP contribution in [-0.2, 0) is 0 Å². The Balaban J connectivity index is 1.89. The second-order valence-electron chi connectivity index (χ2n) is 4.10. The molecule has 0 bridgehead atoms. The monoisotopic (exact) mass is 202 g/mol. The van der Waals surface area contributed by atoms with Crippen LogP contribution >= 0.6 is 0 Å². The van der Waals surface area contributed by atoms with Gasteiger partial charge in [0.05, 0.1) is 0 Å². The van der Waals surface area contributed by atoms with E-state index >= 15 is 0 Å². The molecule has 80 valence electrons. The molecule has 1 atom stereocenters. The Bertz CT molecular complexity index is 311. The molecule has 1 N–H and O–H groups in total. The van der Waals surface area contributed by atoms with Crippen LogP contribution in [0.2, 0.25) is 0 Å². The normalized spacial score (nSPS) is 23.4. The van der Waals surface area contributed by atoms with E-state index in [0.717, 1.165) is 13.1 Å². The van der Waals surface area contributed by atoms with Gasteiger partial charge in [0.15, 0.2) is 0 Å². The van der Waals surface area contributed by atoms with Gasteiger partial charge in [0.2, 0.25) is 0 Å². The number of benzene rings is 1. The van der Waals surface area contributed by atoms with Gasteiger partial charge in [-0.05, 0) is 17.9 Å². The van der Waals surface area contributed by atoms with Gasteiger partial charge in [-0.2, -0.15) is 0 Å². The van der Waals surface area contributed by atoms with E-state index in [1.54, 1.807) is 0 Å². The van der Waals surface area contributed by atoms with Crippen LogP contribution in [-0.4, -0.2) is 25.1 Å². The van der Waals surface area contributed by atoms with Crippen LogP contribution in [0.1, 0.15) is 12.0 Å². The van der Waals surface area contributed by atoms with Gasteiger partial charge < -0.3 is 0 Å². The zero-order chi connectivity index (χ0) is 10.5. The van der Waals surface area contributed by atoms with Crippen molar-refractivity contribution in [3.05, 3.63) is 42.0 Å². The molecule has 0 spiro atoms. The quantitative estimate of drug-likeness (QED) is 0.790. The summed E-state index contributed by atoms with van der Waals surface area (Å²) in [6.07, 6.45) is 5.78. The lowest BCUT2D eigenvalue weighted by atomic mass is 10.0. The summed E-state index contributed by atoms with van der Waals surface area (Å²) in [4.78, 5) is 0. The molecule has 1 unspecified atom stereocenters. The zero-order valence-electron chi connectivity index (χ0n) is 9.19. The number of rotatable bonds is 2. The summed E-state index contributed by atoms with van der Waals surface area (Å²) < 4.78 is 0.